The quantitative estimate of drug-likeness (QED) is 0.722. The van der Waals surface area contributed by atoms with Crippen molar-refractivity contribution < 1.29 is 4.79 Å². The lowest BCUT2D eigenvalue weighted by molar-refractivity contribution is 0.142. The molecule has 1 aliphatic carbocycles. The Morgan fingerprint density at radius 2 is 1.81 bits per heavy atom. The first kappa shape index (κ1) is 13.3. The molecule has 0 bridgehead atoms. The van der Waals surface area contributed by atoms with Crippen LogP contribution in [0.2, 0.25) is 0 Å². The molecular formula is C13H26N2O. The Labute approximate surface area is 99.8 Å². The molecule has 0 aromatic rings. The highest BCUT2D eigenvalue weighted by Gasteiger charge is 2.23. The summed E-state index contributed by atoms with van der Waals surface area (Å²) in [5.41, 5.74) is 0. The first-order valence-electron chi connectivity index (χ1n) is 6.64. The molecule has 0 aliphatic heterocycles. The van der Waals surface area contributed by atoms with E-state index >= 15 is 0 Å². The molecule has 0 N–H and O–H groups in total. The second-order valence-corrected chi connectivity index (χ2v) is 4.96. The average Bonchev–Trinajstić information content (AvgIpc) is 2.35. The summed E-state index contributed by atoms with van der Waals surface area (Å²) in [5.74, 6) is 0. The van der Waals surface area contributed by atoms with Crippen molar-refractivity contribution in [1.29, 1.82) is 0 Å². The Balaban J connectivity index is 2.38. The molecule has 1 saturated carbocycles. The molecule has 1 fully saturated rings. The largest absolute Gasteiger partial charge is 0.328 e. The predicted octanol–water partition coefficient (Wildman–Crippen LogP) is 3.10. The van der Waals surface area contributed by atoms with Gasteiger partial charge in [0.1, 0.15) is 0 Å². The van der Waals surface area contributed by atoms with Crippen LogP contribution in [0.5, 0.6) is 0 Å². The van der Waals surface area contributed by atoms with Crippen molar-refractivity contribution in [3.05, 3.63) is 0 Å². The van der Waals surface area contributed by atoms with Crippen molar-refractivity contribution >= 4 is 6.03 Å². The average molecular weight is 226 g/mol. The zero-order chi connectivity index (χ0) is 12.0. The molecule has 2 amide bonds. The molecular weight excluding hydrogens is 200 g/mol. The highest BCUT2D eigenvalue weighted by Crippen LogP contribution is 2.22. The van der Waals surface area contributed by atoms with Crippen molar-refractivity contribution in [1.82, 2.24) is 9.80 Å². The van der Waals surface area contributed by atoms with Gasteiger partial charge in [-0.2, -0.15) is 0 Å². The number of carbonyl (C=O) groups is 1. The number of urea groups is 1. The maximum Gasteiger partial charge on any atom is 0.319 e. The summed E-state index contributed by atoms with van der Waals surface area (Å²) in [6.45, 7) is 3.04. The number of carbonyl (C=O) groups excluding carboxylic acids is 1. The van der Waals surface area contributed by atoms with E-state index in [0.29, 0.717) is 6.04 Å². The topological polar surface area (TPSA) is 23.6 Å². The van der Waals surface area contributed by atoms with E-state index in [1.807, 2.05) is 23.9 Å². The molecule has 0 spiro atoms. The van der Waals surface area contributed by atoms with Gasteiger partial charge >= 0.3 is 6.03 Å². The van der Waals surface area contributed by atoms with Crippen LogP contribution >= 0.6 is 0 Å². The minimum Gasteiger partial charge on any atom is -0.328 e. The van der Waals surface area contributed by atoms with Crippen LogP contribution in [-0.2, 0) is 0 Å². The summed E-state index contributed by atoms with van der Waals surface area (Å²) in [7, 11) is 3.87. The van der Waals surface area contributed by atoms with Crippen LogP contribution < -0.4 is 0 Å². The smallest absolute Gasteiger partial charge is 0.319 e. The van der Waals surface area contributed by atoms with E-state index in [2.05, 4.69) is 6.92 Å². The molecule has 0 aromatic heterocycles. The van der Waals surface area contributed by atoms with Crippen molar-refractivity contribution in [2.24, 2.45) is 0 Å². The fourth-order valence-electron chi connectivity index (χ4n) is 2.38. The monoisotopic (exact) mass is 226 g/mol. The van der Waals surface area contributed by atoms with E-state index in [1.54, 1.807) is 0 Å². The van der Waals surface area contributed by atoms with Gasteiger partial charge in [0, 0.05) is 26.7 Å². The zero-order valence-electron chi connectivity index (χ0n) is 11.0. The molecule has 94 valence electrons. The summed E-state index contributed by atoms with van der Waals surface area (Å²) < 4.78 is 0. The van der Waals surface area contributed by atoms with Gasteiger partial charge in [-0.05, 0) is 19.3 Å². The number of hydrogen-bond acceptors (Lipinski definition) is 1. The second kappa shape index (κ2) is 6.77. The van der Waals surface area contributed by atoms with E-state index in [9.17, 15) is 4.79 Å². The minimum absolute atomic E-state index is 0.195. The third-order valence-electron chi connectivity index (χ3n) is 3.60. The second-order valence-electron chi connectivity index (χ2n) is 4.96. The summed E-state index contributed by atoms with van der Waals surface area (Å²) >= 11 is 0. The molecule has 0 saturated heterocycles. The summed E-state index contributed by atoms with van der Waals surface area (Å²) in [6, 6.07) is 0.672. The van der Waals surface area contributed by atoms with Crippen molar-refractivity contribution in [2.75, 3.05) is 20.6 Å². The van der Waals surface area contributed by atoms with Crippen LogP contribution in [-0.4, -0.2) is 42.5 Å². The van der Waals surface area contributed by atoms with Gasteiger partial charge < -0.3 is 9.80 Å². The van der Waals surface area contributed by atoms with Crippen LogP contribution in [0, 0.1) is 0 Å². The fourth-order valence-corrected chi connectivity index (χ4v) is 2.38. The van der Waals surface area contributed by atoms with Crippen molar-refractivity contribution in [3.8, 4) is 0 Å². The van der Waals surface area contributed by atoms with Crippen molar-refractivity contribution in [2.45, 2.75) is 57.9 Å². The van der Waals surface area contributed by atoms with Gasteiger partial charge in [-0.1, -0.05) is 32.6 Å². The number of hydrogen-bond donors (Lipinski definition) is 0. The van der Waals surface area contributed by atoms with E-state index < -0.39 is 0 Å². The van der Waals surface area contributed by atoms with Crippen LogP contribution in [0.25, 0.3) is 0 Å². The van der Waals surface area contributed by atoms with Crippen LogP contribution in [0.3, 0.4) is 0 Å². The van der Waals surface area contributed by atoms with Gasteiger partial charge in [0.15, 0.2) is 0 Å². The number of amides is 2. The normalized spacial score (nSPS) is 17.2. The van der Waals surface area contributed by atoms with Gasteiger partial charge in [-0.3, -0.25) is 0 Å². The lowest BCUT2D eigenvalue weighted by Crippen LogP contribution is -2.45. The zero-order valence-corrected chi connectivity index (χ0v) is 11.0. The van der Waals surface area contributed by atoms with Crippen LogP contribution in [0.15, 0.2) is 0 Å². The Kier molecular flexibility index (Phi) is 5.64. The SMILES string of the molecule is CCCCN(C)C(=O)N(C)C1CCCCC1. The summed E-state index contributed by atoms with van der Waals surface area (Å²) in [4.78, 5) is 15.9. The van der Waals surface area contributed by atoms with Gasteiger partial charge in [0.25, 0.3) is 0 Å². The molecule has 0 unspecified atom stereocenters. The highest BCUT2D eigenvalue weighted by atomic mass is 16.2. The van der Waals surface area contributed by atoms with Crippen LogP contribution in [0.1, 0.15) is 51.9 Å². The highest BCUT2D eigenvalue weighted by molar-refractivity contribution is 5.74. The Hall–Kier alpha value is -0.730. The van der Waals surface area contributed by atoms with E-state index in [0.717, 1.165) is 19.4 Å². The lowest BCUT2D eigenvalue weighted by atomic mass is 9.95. The molecule has 0 heterocycles. The first-order valence-corrected chi connectivity index (χ1v) is 6.64. The molecule has 1 aliphatic rings. The number of rotatable bonds is 4. The van der Waals surface area contributed by atoms with E-state index in [-0.39, 0.29) is 6.03 Å². The molecule has 1 rings (SSSR count). The molecule has 16 heavy (non-hydrogen) atoms. The fraction of sp³-hybridized carbons (Fsp3) is 0.923. The van der Waals surface area contributed by atoms with Gasteiger partial charge in [-0.15, -0.1) is 0 Å². The third-order valence-corrected chi connectivity index (χ3v) is 3.60. The lowest BCUT2D eigenvalue weighted by Gasteiger charge is -2.34. The molecule has 0 radical (unpaired) electrons. The Bertz CT molecular complexity index is 212. The third kappa shape index (κ3) is 3.69. The number of nitrogens with zero attached hydrogens (tertiary/aromatic N) is 2. The maximum absolute atomic E-state index is 12.1. The van der Waals surface area contributed by atoms with Crippen molar-refractivity contribution in [3.63, 3.8) is 0 Å². The van der Waals surface area contributed by atoms with Crippen LogP contribution in [0.4, 0.5) is 4.79 Å². The summed E-state index contributed by atoms with van der Waals surface area (Å²) in [6.07, 6.45) is 8.51. The standard InChI is InChI=1S/C13H26N2O/c1-4-5-11-14(2)13(16)15(3)12-9-7-6-8-10-12/h12H,4-11H2,1-3H3. The molecule has 3 heteroatoms. The first-order chi connectivity index (χ1) is 7.66. The van der Waals surface area contributed by atoms with Gasteiger partial charge in [0.05, 0.1) is 0 Å². The van der Waals surface area contributed by atoms with E-state index in [1.165, 1.54) is 32.1 Å². The van der Waals surface area contributed by atoms with Gasteiger partial charge in [-0.25, -0.2) is 4.79 Å². The van der Waals surface area contributed by atoms with Gasteiger partial charge in [0.2, 0.25) is 0 Å². The Morgan fingerprint density at radius 1 is 1.19 bits per heavy atom. The predicted molar refractivity (Wildman–Crippen MR) is 67.6 cm³/mol. The molecule has 0 atom stereocenters. The Morgan fingerprint density at radius 3 is 2.38 bits per heavy atom. The summed E-state index contributed by atoms with van der Waals surface area (Å²) in [5, 5.41) is 0. The maximum atomic E-state index is 12.1. The number of unbranched alkanes of at least 4 members (excludes halogenated alkanes) is 1. The molecule has 0 aromatic carbocycles. The van der Waals surface area contributed by atoms with E-state index in [4.69, 9.17) is 0 Å². The minimum atomic E-state index is 0.195. The molecule has 3 nitrogen and oxygen atoms in total.